The molecule has 0 saturated heterocycles. The van der Waals surface area contributed by atoms with E-state index in [1.54, 1.807) is 17.3 Å². The Morgan fingerprint density at radius 3 is 2.62 bits per heavy atom. The summed E-state index contributed by atoms with van der Waals surface area (Å²) in [5.41, 5.74) is 2.35. The van der Waals surface area contributed by atoms with Crippen LogP contribution in [0, 0.1) is 12.8 Å². The first-order chi connectivity index (χ1) is 11.5. The maximum atomic E-state index is 12.7. The molecule has 0 aliphatic rings. The molecule has 1 N–H and O–H groups in total. The van der Waals surface area contributed by atoms with Gasteiger partial charge in [0.15, 0.2) is 0 Å². The number of aromatic nitrogens is 2. The first-order valence-corrected chi connectivity index (χ1v) is 8.45. The van der Waals surface area contributed by atoms with E-state index in [1.165, 1.54) is 0 Å². The van der Waals surface area contributed by atoms with Crippen molar-refractivity contribution in [3.05, 3.63) is 47.9 Å². The normalized spacial score (nSPS) is 10.7. The minimum atomic E-state index is -0.135. The highest BCUT2D eigenvalue weighted by Gasteiger charge is 2.17. The number of amides is 1. The van der Waals surface area contributed by atoms with Gasteiger partial charge < -0.3 is 10.2 Å². The van der Waals surface area contributed by atoms with Gasteiger partial charge in [0.05, 0.1) is 12.4 Å². The molecule has 0 aliphatic carbocycles. The van der Waals surface area contributed by atoms with Gasteiger partial charge in [-0.15, -0.1) is 0 Å². The topological polar surface area (TPSA) is 58.1 Å². The molecule has 5 heteroatoms. The van der Waals surface area contributed by atoms with Crippen LogP contribution < -0.4 is 10.2 Å². The van der Waals surface area contributed by atoms with Gasteiger partial charge in [0.2, 0.25) is 0 Å². The number of nitrogens with one attached hydrogen (secondary N) is 1. The quantitative estimate of drug-likeness (QED) is 0.838. The highest BCUT2D eigenvalue weighted by atomic mass is 16.2. The lowest BCUT2D eigenvalue weighted by molar-refractivity contribution is 0.0983. The largest absolute Gasteiger partial charge is 0.369 e. The van der Waals surface area contributed by atoms with Crippen LogP contribution in [0.5, 0.6) is 0 Å². The van der Waals surface area contributed by atoms with Gasteiger partial charge in [-0.3, -0.25) is 4.79 Å². The van der Waals surface area contributed by atoms with Crippen molar-refractivity contribution in [1.82, 2.24) is 9.97 Å². The van der Waals surface area contributed by atoms with Crippen molar-refractivity contribution in [1.29, 1.82) is 0 Å². The van der Waals surface area contributed by atoms with Gasteiger partial charge in [-0.1, -0.05) is 26.0 Å². The monoisotopic (exact) mass is 326 g/mol. The van der Waals surface area contributed by atoms with Gasteiger partial charge in [0.25, 0.3) is 5.91 Å². The molecule has 1 aromatic carbocycles. The number of rotatable bonds is 7. The molecule has 128 valence electrons. The molecule has 0 bridgehead atoms. The maximum Gasteiger partial charge on any atom is 0.278 e. The van der Waals surface area contributed by atoms with Gasteiger partial charge >= 0.3 is 0 Å². The zero-order valence-corrected chi connectivity index (χ0v) is 14.9. The summed E-state index contributed by atoms with van der Waals surface area (Å²) in [7, 11) is 0. The van der Waals surface area contributed by atoms with Crippen molar-refractivity contribution in [2.24, 2.45) is 5.92 Å². The maximum absolute atomic E-state index is 12.7. The number of carbonyl (C=O) groups excluding carboxylic acids is 1. The lowest BCUT2D eigenvalue weighted by Crippen LogP contribution is -2.31. The Kier molecular flexibility index (Phi) is 6.29. The van der Waals surface area contributed by atoms with E-state index >= 15 is 0 Å². The third-order valence-electron chi connectivity index (χ3n) is 3.77. The Labute approximate surface area is 144 Å². The van der Waals surface area contributed by atoms with Crippen molar-refractivity contribution in [2.45, 2.75) is 34.1 Å². The van der Waals surface area contributed by atoms with Crippen molar-refractivity contribution in [3.63, 3.8) is 0 Å². The van der Waals surface area contributed by atoms with Crippen molar-refractivity contribution >= 4 is 17.4 Å². The Balaban J connectivity index is 2.08. The molecular formula is C19H26N4O. The van der Waals surface area contributed by atoms with Crippen LogP contribution in [0.4, 0.5) is 11.5 Å². The van der Waals surface area contributed by atoms with E-state index in [4.69, 9.17) is 0 Å². The molecule has 1 aromatic heterocycles. The summed E-state index contributed by atoms with van der Waals surface area (Å²) in [4.78, 5) is 23.0. The summed E-state index contributed by atoms with van der Waals surface area (Å²) < 4.78 is 0. The molecule has 0 atom stereocenters. The minimum absolute atomic E-state index is 0.135. The third kappa shape index (κ3) is 4.78. The molecule has 0 aliphatic heterocycles. The van der Waals surface area contributed by atoms with Gasteiger partial charge in [0.1, 0.15) is 11.5 Å². The fourth-order valence-corrected chi connectivity index (χ4v) is 2.40. The highest BCUT2D eigenvalue weighted by molar-refractivity contribution is 6.04. The van der Waals surface area contributed by atoms with Crippen molar-refractivity contribution in [2.75, 3.05) is 23.3 Å². The number of hydrogen-bond donors (Lipinski definition) is 1. The molecule has 0 radical (unpaired) electrons. The van der Waals surface area contributed by atoms with E-state index in [0.29, 0.717) is 24.0 Å². The molecule has 1 amide bonds. The lowest BCUT2D eigenvalue weighted by atomic mass is 10.1. The average Bonchev–Trinajstić information content (AvgIpc) is 2.56. The standard InChI is InChI=1S/C19H26N4O/c1-5-23(16-8-6-7-15(4)11-16)19(24)17-12-22-18(13-21-17)20-10-9-14(2)3/h6-8,11-14H,5,9-10H2,1-4H3,(H,20,22). The Morgan fingerprint density at radius 2 is 2.04 bits per heavy atom. The minimum Gasteiger partial charge on any atom is -0.369 e. The van der Waals surface area contributed by atoms with Crippen LogP contribution in [0.25, 0.3) is 0 Å². The van der Waals surface area contributed by atoms with Crippen LogP contribution in [0.15, 0.2) is 36.7 Å². The van der Waals surface area contributed by atoms with E-state index < -0.39 is 0 Å². The van der Waals surface area contributed by atoms with Crippen LogP contribution in [0.3, 0.4) is 0 Å². The second-order valence-electron chi connectivity index (χ2n) is 6.28. The Morgan fingerprint density at radius 1 is 1.25 bits per heavy atom. The number of benzene rings is 1. The van der Waals surface area contributed by atoms with E-state index in [9.17, 15) is 4.79 Å². The summed E-state index contributed by atoms with van der Waals surface area (Å²) in [5, 5.41) is 3.23. The van der Waals surface area contributed by atoms with E-state index in [2.05, 4.69) is 29.1 Å². The summed E-state index contributed by atoms with van der Waals surface area (Å²) in [6.07, 6.45) is 4.23. The molecule has 1 heterocycles. The summed E-state index contributed by atoms with van der Waals surface area (Å²) in [6, 6.07) is 7.90. The van der Waals surface area contributed by atoms with Crippen LogP contribution in [0.1, 0.15) is 43.2 Å². The number of carbonyl (C=O) groups is 1. The molecule has 2 aromatic rings. The number of aryl methyl sites for hydroxylation is 1. The molecule has 24 heavy (non-hydrogen) atoms. The van der Waals surface area contributed by atoms with E-state index in [-0.39, 0.29) is 5.91 Å². The number of hydrogen-bond acceptors (Lipinski definition) is 4. The smallest absolute Gasteiger partial charge is 0.278 e. The molecule has 2 rings (SSSR count). The summed E-state index contributed by atoms with van der Waals surface area (Å²) in [6.45, 7) is 9.76. The molecular weight excluding hydrogens is 300 g/mol. The van der Waals surface area contributed by atoms with Crippen molar-refractivity contribution in [3.8, 4) is 0 Å². The number of nitrogens with zero attached hydrogens (tertiary/aromatic N) is 3. The van der Waals surface area contributed by atoms with Crippen LogP contribution >= 0.6 is 0 Å². The van der Waals surface area contributed by atoms with E-state index in [0.717, 1.165) is 24.2 Å². The summed E-state index contributed by atoms with van der Waals surface area (Å²) in [5.74, 6) is 1.20. The van der Waals surface area contributed by atoms with Crippen LogP contribution in [-0.4, -0.2) is 29.0 Å². The predicted molar refractivity (Wildman–Crippen MR) is 98.5 cm³/mol. The fourth-order valence-electron chi connectivity index (χ4n) is 2.40. The second kappa shape index (κ2) is 8.43. The number of anilines is 2. The van der Waals surface area contributed by atoms with Gasteiger partial charge in [0, 0.05) is 18.8 Å². The zero-order valence-electron chi connectivity index (χ0n) is 14.9. The van der Waals surface area contributed by atoms with Gasteiger partial charge in [-0.05, 0) is 43.9 Å². The average molecular weight is 326 g/mol. The van der Waals surface area contributed by atoms with E-state index in [1.807, 2.05) is 38.1 Å². The van der Waals surface area contributed by atoms with Crippen molar-refractivity contribution < 1.29 is 4.79 Å². The zero-order chi connectivity index (χ0) is 17.5. The summed E-state index contributed by atoms with van der Waals surface area (Å²) >= 11 is 0. The Hall–Kier alpha value is -2.43. The second-order valence-corrected chi connectivity index (χ2v) is 6.28. The molecule has 0 unspecified atom stereocenters. The SMILES string of the molecule is CCN(C(=O)c1cnc(NCCC(C)C)cn1)c1cccc(C)c1. The molecule has 0 saturated carbocycles. The molecule has 0 fully saturated rings. The van der Waals surface area contributed by atoms with Crippen LogP contribution in [0.2, 0.25) is 0 Å². The first kappa shape index (κ1) is 17.9. The van der Waals surface area contributed by atoms with Gasteiger partial charge in [-0.2, -0.15) is 0 Å². The first-order valence-electron chi connectivity index (χ1n) is 8.45. The fraction of sp³-hybridized carbons (Fsp3) is 0.421. The Bertz CT molecular complexity index is 667. The lowest BCUT2D eigenvalue weighted by Gasteiger charge is -2.21. The predicted octanol–water partition coefficient (Wildman–Crippen LogP) is 3.91. The highest BCUT2D eigenvalue weighted by Crippen LogP contribution is 2.18. The van der Waals surface area contributed by atoms with Crippen LogP contribution in [-0.2, 0) is 0 Å². The molecule has 5 nitrogen and oxygen atoms in total. The third-order valence-corrected chi connectivity index (χ3v) is 3.77. The van der Waals surface area contributed by atoms with Gasteiger partial charge in [-0.25, -0.2) is 9.97 Å². The molecule has 0 spiro atoms.